The second kappa shape index (κ2) is 19.0. The summed E-state index contributed by atoms with van der Waals surface area (Å²) in [6, 6.07) is -1.54. The molecule has 1 fully saturated rings. The summed E-state index contributed by atoms with van der Waals surface area (Å²) in [6.07, 6.45) is 1.09. The van der Waals surface area contributed by atoms with E-state index in [1.165, 1.54) is 19.1 Å². The maximum atomic E-state index is 13.7. The van der Waals surface area contributed by atoms with Gasteiger partial charge in [0.15, 0.2) is 0 Å². The minimum absolute atomic E-state index is 0.0132. The number of aliphatic hydroxyl groups is 2. The summed E-state index contributed by atoms with van der Waals surface area (Å²) in [7, 11) is 4.68. The summed E-state index contributed by atoms with van der Waals surface area (Å²) < 4.78 is 11.5. The molecular weight excluding hydrogens is 534 g/mol. The van der Waals surface area contributed by atoms with Gasteiger partial charge in [0.25, 0.3) is 0 Å². The van der Waals surface area contributed by atoms with Crippen molar-refractivity contribution in [3.05, 3.63) is 0 Å². The van der Waals surface area contributed by atoms with E-state index in [1.54, 1.807) is 18.9 Å². The van der Waals surface area contributed by atoms with Crippen LogP contribution >= 0.6 is 0 Å². The molecule has 13 nitrogen and oxygen atoms in total. The summed E-state index contributed by atoms with van der Waals surface area (Å²) >= 11 is 0. The Morgan fingerprint density at radius 3 is 2.27 bits per heavy atom. The molecule has 0 aromatic carbocycles. The fourth-order valence-corrected chi connectivity index (χ4v) is 5.56. The zero-order valence-corrected chi connectivity index (χ0v) is 25.9. The Morgan fingerprint density at radius 2 is 1.73 bits per heavy atom. The number of aliphatic hydroxyl groups excluding tert-OH is 2. The SMILES string of the molecule is CCNC(CO)C(=O)NCC(=O)N(C)C(C(C)CC)C(CC(=O)N1CCCC1C(OC)C(C)C(=O)NCCO)OC. The number of amides is 4. The van der Waals surface area contributed by atoms with E-state index < -0.39 is 36.1 Å². The second-order valence-electron chi connectivity index (χ2n) is 10.7. The normalized spacial score (nSPS) is 19.5. The van der Waals surface area contributed by atoms with Crippen LogP contribution in [0.5, 0.6) is 0 Å². The van der Waals surface area contributed by atoms with Gasteiger partial charge in [-0.1, -0.05) is 34.1 Å². The molecule has 0 bridgehead atoms. The summed E-state index contributed by atoms with van der Waals surface area (Å²) in [5.74, 6) is -1.76. The molecule has 0 aromatic heterocycles. The highest BCUT2D eigenvalue weighted by atomic mass is 16.5. The lowest BCUT2D eigenvalue weighted by Gasteiger charge is -2.39. The number of carbonyl (C=O) groups excluding carboxylic acids is 4. The smallest absolute Gasteiger partial charge is 0.242 e. The maximum Gasteiger partial charge on any atom is 0.242 e. The van der Waals surface area contributed by atoms with Gasteiger partial charge in [-0.25, -0.2) is 0 Å². The number of nitrogens with zero attached hydrogens (tertiary/aromatic N) is 2. The second-order valence-corrected chi connectivity index (χ2v) is 10.7. The molecule has 7 atom stereocenters. The molecule has 238 valence electrons. The molecule has 0 spiro atoms. The fourth-order valence-electron chi connectivity index (χ4n) is 5.56. The summed E-state index contributed by atoms with van der Waals surface area (Å²) in [5.41, 5.74) is 0. The number of nitrogens with one attached hydrogen (secondary N) is 3. The fraction of sp³-hybridized carbons (Fsp3) is 0.857. The van der Waals surface area contributed by atoms with E-state index in [9.17, 15) is 24.3 Å². The van der Waals surface area contributed by atoms with Crippen molar-refractivity contribution in [2.45, 2.75) is 83.7 Å². The van der Waals surface area contributed by atoms with E-state index in [0.29, 0.717) is 19.5 Å². The van der Waals surface area contributed by atoms with Crippen LogP contribution in [-0.4, -0.2) is 135 Å². The van der Waals surface area contributed by atoms with E-state index in [0.717, 1.165) is 12.8 Å². The third-order valence-electron chi connectivity index (χ3n) is 8.08. The Hall–Kier alpha value is -2.32. The van der Waals surface area contributed by atoms with Crippen molar-refractivity contribution in [3.63, 3.8) is 0 Å². The number of hydrogen-bond acceptors (Lipinski definition) is 9. The monoisotopic (exact) mass is 587 g/mol. The van der Waals surface area contributed by atoms with Crippen LogP contribution in [0.1, 0.15) is 53.4 Å². The predicted molar refractivity (Wildman–Crippen MR) is 154 cm³/mol. The number of carbonyl (C=O) groups is 4. The summed E-state index contributed by atoms with van der Waals surface area (Å²) in [6.45, 7) is 7.90. The topological polar surface area (TPSA) is 170 Å². The van der Waals surface area contributed by atoms with Gasteiger partial charge in [-0.3, -0.25) is 19.2 Å². The zero-order chi connectivity index (χ0) is 31.1. The van der Waals surface area contributed by atoms with Gasteiger partial charge in [-0.05, 0) is 25.3 Å². The molecule has 1 aliphatic heterocycles. The summed E-state index contributed by atoms with van der Waals surface area (Å²) in [5, 5.41) is 26.6. The van der Waals surface area contributed by atoms with Crippen LogP contribution in [-0.2, 0) is 28.7 Å². The largest absolute Gasteiger partial charge is 0.395 e. The zero-order valence-electron chi connectivity index (χ0n) is 25.9. The van der Waals surface area contributed by atoms with Gasteiger partial charge in [-0.2, -0.15) is 0 Å². The van der Waals surface area contributed by atoms with E-state index >= 15 is 0 Å². The first kappa shape index (κ1) is 36.7. The van der Waals surface area contributed by atoms with E-state index in [2.05, 4.69) is 16.0 Å². The lowest BCUT2D eigenvalue weighted by molar-refractivity contribution is -0.145. The molecule has 1 aliphatic rings. The van der Waals surface area contributed by atoms with Crippen LogP contribution in [0.25, 0.3) is 0 Å². The first-order valence-electron chi connectivity index (χ1n) is 14.6. The number of hydrogen-bond donors (Lipinski definition) is 5. The Bertz CT molecular complexity index is 831. The molecule has 5 N–H and O–H groups in total. The minimum atomic E-state index is -0.805. The third kappa shape index (κ3) is 10.5. The Kier molecular flexibility index (Phi) is 17.0. The van der Waals surface area contributed by atoms with E-state index in [-0.39, 0.29) is 62.4 Å². The first-order valence-corrected chi connectivity index (χ1v) is 14.6. The molecule has 0 saturated carbocycles. The van der Waals surface area contributed by atoms with E-state index in [1.807, 2.05) is 20.8 Å². The molecule has 41 heavy (non-hydrogen) atoms. The first-order chi connectivity index (χ1) is 19.5. The molecule has 7 unspecified atom stereocenters. The van der Waals surface area contributed by atoms with Gasteiger partial charge in [0.05, 0.1) is 56.4 Å². The van der Waals surface area contributed by atoms with E-state index in [4.69, 9.17) is 14.6 Å². The van der Waals surface area contributed by atoms with Crippen LogP contribution < -0.4 is 16.0 Å². The highest BCUT2D eigenvalue weighted by molar-refractivity contribution is 5.87. The molecule has 4 amide bonds. The molecule has 0 aliphatic carbocycles. The van der Waals surface area contributed by atoms with Gasteiger partial charge < -0.3 is 45.4 Å². The molecule has 13 heteroatoms. The maximum absolute atomic E-state index is 13.7. The molecule has 0 aromatic rings. The standard InChI is InChI=1S/C28H53N5O8/c1-8-18(3)25(32(5)24(37)16-31-28(39)20(17-35)29-9-2)22(40-6)15-23(36)33-13-10-11-21(33)26(41-7)19(4)27(38)30-12-14-34/h18-22,25-26,29,34-35H,8-17H2,1-7H3,(H,30,38)(H,31,39). The van der Waals surface area contributed by atoms with Crippen molar-refractivity contribution in [3.8, 4) is 0 Å². The highest BCUT2D eigenvalue weighted by Crippen LogP contribution is 2.29. The highest BCUT2D eigenvalue weighted by Gasteiger charge is 2.41. The Morgan fingerprint density at radius 1 is 1.05 bits per heavy atom. The number of ether oxygens (including phenoxy) is 2. The summed E-state index contributed by atoms with van der Waals surface area (Å²) in [4.78, 5) is 55.0. The lowest BCUT2D eigenvalue weighted by atomic mass is 9.90. The number of likely N-dealkylation sites (N-methyl/N-ethyl adjacent to an activating group) is 2. The average Bonchev–Trinajstić information content (AvgIpc) is 3.46. The van der Waals surface area contributed by atoms with Crippen molar-refractivity contribution in [1.29, 1.82) is 0 Å². The van der Waals surface area contributed by atoms with Crippen LogP contribution in [0, 0.1) is 11.8 Å². The lowest BCUT2D eigenvalue weighted by Crippen LogP contribution is -2.55. The molecule has 1 saturated heterocycles. The van der Waals surface area contributed by atoms with Crippen molar-refractivity contribution < 1.29 is 38.9 Å². The quantitative estimate of drug-likeness (QED) is 0.129. The Labute approximate surface area is 244 Å². The van der Waals surface area contributed by atoms with Gasteiger partial charge >= 0.3 is 0 Å². The van der Waals surface area contributed by atoms with Gasteiger partial charge in [0, 0.05) is 34.4 Å². The molecular formula is C28H53N5O8. The predicted octanol–water partition coefficient (Wildman–Crippen LogP) is -0.898. The van der Waals surface area contributed by atoms with Crippen LogP contribution in [0.4, 0.5) is 0 Å². The van der Waals surface area contributed by atoms with Gasteiger partial charge in [0.1, 0.15) is 6.04 Å². The Balaban J connectivity index is 3.02. The molecule has 1 rings (SSSR count). The van der Waals surface area contributed by atoms with Crippen molar-refractivity contribution in [2.75, 3.05) is 60.7 Å². The van der Waals surface area contributed by atoms with Crippen LogP contribution in [0.3, 0.4) is 0 Å². The molecule has 0 radical (unpaired) electrons. The van der Waals surface area contributed by atoms with Crippen LogP contribution in [0.15, 0.2) is 0 Å². The van der Waals surface area contributed by atoms with Crippen molar-refractivity contribution in [2.24, 2.45) is 11.8 Å². The van der Waals surface area contributed by atoms with Crippen molar-refractivity contribution in [1.82, 2.24) is 25.8 Å². The minimum Gasteiger partial charge on any atom is -0.395 e. The van der Waals surface area contributed by atoms with Crippen LogP contribution in [0.2, 0.25) is 0 Å². The molecule has 1 heterocycles. The number of methoxy groups -OCH3 is 2. The average molecular weight is 588 g/mol. The van der Waals surface area contributed by atoms with Crippen molar-refractivity contribution >= 4 is 23.6 Å². The third-order valence-corrected chi connectivity index (χ3v) is 8.08. The van der Waals surface area contributed by atoms with Gasteiger partial charge in [-0.15, -0.1) is 0 Å². The number of likely N-dealkylation sites (tertiary alicyclic amines) is 1. The number of rotatable bonds is 19. The van der Waals surface area contributed by atoms with Gasteiger partial charge in [0.2, 0.25) is 23.6 Å².